The van der Waals surface area contributed by atoms with Gasteiger partial charge in [0.1, 0.15) is 0 Å². The van der Waals surface area contributed by atoms with Gasteiger partial charge in [-0.3, -0.25) is 9.69 Å². The molecule has 1 aromatic rings. The molecule has 1 saturated heterocycles. The van der Waals surface area contributed by atoms with E-state index in [-0.39, 0.29) is 22.4 Å². The lowest BCUT2D eigenvalue weighted by Crippen LogP contribution is -2.62. The second-order valence-electron chi connectivity index (χ2n) is 13.8. The number of rotatable bonds is 4. The average Bonchev–Trinajstić information content (AvgIpc) is 3.49. The van der Waals surface area contributed by atoms with Crippen LogP contribution in [0.3, 0.4) is 0 Å². The van der Waals surface area contributed by atoms with Crippen molar-refractivity contribution in [2.75, 3.05) is 26.7 Å². The maximum absolute atomic E-state index is 13.1. The summed E-state index contributed by atoms with van der Waals surface area (Å²) in [5.74, 6) is 2.03. The minimum absolute atomic E-state index is 0.184. The molecule has 0 bridgehead atoms. The van der Waals surface area contributed by atoms with Gasteiger partial charge in [-0.1, -0.05) is 13.8 Å². The van der Waals surface area contributed by atoms with E-state index in [1.165, 1.54) is 18.9 Å². The van der Waals surface area contributed by atoms with Crippen LogP contribution in [0.2, 0.25) is 0 Å². The van der Waals surface area contributed by atoms with Crippen LogP contribution < -0.4 is 5.63 Å². The molecule has 5 aliphatic rings. The predicted octanol–water partition coefficient (Wildman–Crippen LogP) is 4.80. The Hall–Kier alpha value is -1.66. The molecule has 1 aromatic heterocycles. The van der Waals surface area contributed by atoms with Gasteiger partial charge in [-0.15, -0.1) is 0 Å². The molecule has 6 nitrogen and oxygen atoms in total. The minimum atomic E-state index is -0.663. The molecule has 6 heteroatoms. The number of hydrogen-bond acceptors (Lipinski definition) is 5. The van der Waals surface area contributed by atoms with Gasteiger partial charge in [-0.25, -0.2) is 4.79 Å². The molecule has 6 rings (SSSR count). The summed E-state index contributed by atoms with van der Waals surface area (Å²) in [6, 6.07) is 3.80. The van der Waals surface area contributed by atoms with Crippen LogP contribution in [0.25, 0.3) is 0 Å². The van der Waals surface area contributed by atoms with Gasteiger partial charge in [-0.2, -0.15) is 0 Å². The van der Waals surface area contributed by atoms with Crippen LogP contribution in [0.1, 0.15) is 96.0 Å². The Kier molecular flexibility index (Phi) is 6.38. The van der Waals surface area contributed by atoms with Gasteiger partial charge in [0, 0.05) is 24.6 Å². The third-order valence-corrected chi connectivity index (χ3v) is 12.4. The summed E-state index contributed by atoms with van der Waals surface area (Å²) in [5.41, 5.74) is 0.155. The van der Waals surface area contributed by atoms with E-state index in [1.54, 1.807) is 6.26 Å². The second-order valence-corrected chi connectivity index (χ2v) is 13.8. The Labute approximate surface area is 221 Å². The average molecular weight is 511 g/mol. The van der Waals surface area contributed by atoms with Crippen molar-refractivity contribution < 1.29 is 14.3 Å². The van der Waals surface area contributed by atoms with E-state index < -0.39 is 5.60 Å². The Morgan fingerprint density at radius 2 is 1.84 bits per heavy atom. The maximum atomic E-state index is 13.1. The number of likely N-dealkylation sites (N-methyl/N-ethyl adjacent to an activating group) is 1. The normalized spacial score (nSPS) is 43.6. The summed E-state index contributed by atoms with van der Waals surface area (Å²) < 4.78 is 5.24. The Balaban J connectivity index is 1.17. The van der Waals surface area contributed by atoms with Gasteiger partial charge in [0.2, 0.25) is 5.91 Å². The quantitative estimate of drug-likeness (QED) is 0.630. The number of likely N-dealkylation sites (tertiary alicyclic amines) is 1. The van der Waals surface area contributed by atoms with Gasteiger partial charge < -0.3 is 14.4 Å². The molecule has 0 spiro atoms. The molecular weight excluding hydrogens is 464 g/mol. The van der Waals surface area contributed by atoms with Crippen molar-refractivity contribution >= 4 is 5.91 Å². The highest BCUT2D eigenvalue weighted by Crippen LogP contribution is 2.70. The SMILES string of the molecule is CN(C(=O)CN1CCCC1)[C@H]1CC[C@@]2(C)[C@H](CC[C@@H]3[C@@H]2CC[C@]2(C)[C@@H](c4ccc(=O)oc4)CC[C@]32O)C1. The number of hydrogen-bond donors (Lipinski definition) is 1. The molecule has 37 heavy (non-hydrogen) atoms. The standard InChI is InChI=1S/C31H46N2O4/c1-29-13-10-23(32(3)27(34)19-33-16-4-5-17-33)18-22(29)7-8-26-25(29)11-14-30(2)24(12-15-31(26,30)36)21-6-9-28(35)37-20-21/h6,9,20,22-26,36H,4-5,7-8,10-19H2,1-3H3/t22-,23+,24-,25+,26-,29+,30-,31+/m1/s1. The van der Waals surface area contributed by atoms with Crippen molar-refractivity contribution in [1.82, 2.24) is 9.80 Å². The molecule has 1 aliphatic heterocycles. The van der Waals surface area contributed by atoms with Crippen molar-refractivity contribution in [3.05, 3.63) is 34.4 Å². The van der Waals surface area contributed by atoms with Crippen LogP contribution in [0, 0.1) is 28.6 Å². The van der Waals surface area contributed by atoms with E-state index in [9.17, 15) is 14.7 Å². The first-order chi connectivity index (χ1) is 17.7. The third kappa shape index (κ3) is 3.95. The Morgan fingerprint density at radius 1 is 1.05 bits per heavy atom. The number of fused-ring (bicyclic) bond motifs is 5. The van der Waals surface area contributed by atoms with Crippen LogP contribution >= 0.6 is 0 Å². The maximum Gasteiger partial charge on any atom is 0.335 e. The lowest BCUT2D eigenvalue weighted by Gasteiger charge is -2.64. The molecule has 0 unspecified atom stereocenters. The highest BCUT2D eigenvalue weighted by molar-refractivity contribution is 5.78. The molecule has 204 valence electrons. The molecule has 1 N–H and O–H groups in total. The first-order valence-corrected chi connectivity index (χ1v) is 14.9. The molecule has 8 atom stereocenters. The van der Waals surface area contributed by atoms with Crippen LogP contribution in [0.15, 0.2) is 27.6 Å². The third-order valence-electron chi connectivity index (χ3n) is 12.4. The van der Waals surface area contributed by atoms with Gasteiger partial charge in [0.25, 0.3) is 0 Å². The minimum Gasteiger partial charge on any atom is -0.431 e. The number of amides is 1. The van der Waals surface area contributed by atoms with Gasteiger partial charge in [-0.05, 0) is 124 Å². The monoisotopic (exact) mass is 510 g/mol. The number of nitrogens with zero attached hydrogens (tertiary/aromatic N) is 2. The molecule has 4 aliphatic carbocycles. The lowest BCUT2D eigenvalue weighted by molar-refractivity contribution is -0.203. The van der Waals surface area contributed by atoms with E-state index in [0.717, 1.165) is 76.4 Å². The molecule has 5 fully saturated rings. The largest absolute Gasteiger partial charge is 0.431 e. The molecule has 2 heterocycles. The predicted molar refractivity (Wildman–Crippen MR) is 143 cm³/mol. The molecule has 1 amide bonds. The van der Waals surface area contributed by atoms with Crippen molar-refractivity contribution in [3.8, 4) is 0 Å². The second kappa shape index (κ2) is 9.22. The van der Waals surface area contributed by atoms with Crippen molar-refractivity contribution in [1.29, 1.82) is 0 Å². The summed E-state index contributed by atoms with van der Waals surface area (Å²) in [7, 11) is 2.04. The summed E-state index contributed by atoms with van der Waals surface area (Å²) in [5, 5.41) is 12.5. The zero-order valence-corrected chi connectivity index (χ0v) is 23.1. The molecule has 4 saturated carbocycles. The Bertz CT molecular complexity index is 1060. The van der Waals surface area contributed by atoms with E-state index in [0.29, 0.717) is 36.2 Å². The van der Waals surface area contributed by atoms with E-state index in [4.69, 9.17) is 4.42 Å². The van der Waals surface area contributed by atoms with Crippen molar-refractivity contribution in [2.24, 2.45) is 28.6 Å². The van der Waals surface area contributed by atoms with E-state index in [2.05, 4.69) is 23.6 Å². The van der Waals surface area contributed by atoms with Crippen LogP contribution in [-0.4, -0.2) is 59.1 Å². The number of carbonyl (C=O) groups is 1. The summed E-state index contributed by atoms with van der Waals surface area (Å²) in [4.78, 5) is 29.0. The summed E-state index contributed by atoms with van der Waals surface area (Å²) in [6.45, 7) is 7.53. The first-order valence-electron chi connectivity index (χ1n) is 14.9. The number of carbonyl (C=O) groups excluding carboxylic acids is 1. The summed E-state index contributed by atoms with van der Waals surface area (Å²) >= 11 is 0. The smallest absolute Gasteiger partial charge is 0.335 e. The van der Waals surface area contributed by atoms with Crippen molar-refractivity contribution in [3.63, 3.8) is 0 Å². The zero-order valence-electron chi connectivity index (χ0n) is 23.1. The van der Waals surface area contributed by atoms with Gasteiger partial charge in [0.05, 0.1) is 18.4 Å². The zero-order chi connectivity index (χ0) is 26.0. The highest BCUT2D eigenvalue weighted by Gasteiger charge is 2.67. The number of aliphatic hydroxyl groups is 1. The Morgan fingerprint density at radius 3 is 2.57 bits per heavy atom. The lowest BCUT2D eigenvalue weighted by atomic mass is 9.43. The van der Waals surface area contributed by atoms with E-state index >= 15 is 0 Å². The fourth-order valence-electron chi connectivity index (χ4n) is 10.1. The molecular formula is C31H46N2O4. The van der Waals surface area contributed by atoms with E-state index in [1.807, 2.05) is 13.1 Å². The van der Waals surface area contributed by atoms with Gasteiger partial charge in [0.15, 0.2) is 0 Å². The van der Waals surface area contributed by atoms with Gasteiger partial charge >= 0.3 is 5.63 Å². The first kappa shape index (κ1) is 25.6. The van der Waals surface area contributed by atoms with Crippen LogP contribution in [0.5, 0.6) is 0 Å². The van der Waals surface area contributed by atoms with Crippen molar-refractivity contribution in [2.45, 2.75) is 102 Å². The summed E-state index contributed by atoms with van der Waals surface area (Å²) in [6.07, 6.45) is 13.7. The topological polar surface area (TPSA) is 74.0 Å². The van der Waals surface area contributed by atoms with Crippen LogP contribution in [-0.2, 0) is 4.79 Å². The molecule has 0 radical (unpaired) electrons. The molecule has 0 aromatic carbocycles. The van der Waals surface area contributed by atoms with Crippen LogP contribution in [0.4, 0.5) is 0 Å². The fourth-order valence-corrected chi connectivity index (χ4v) is 10.1. The highest BCUT2D eigenvalue weighted by atomic mass is 16.4. The fraction of sp³-hybridized carbons (Fsp3) is 0.806.